The van der Waals surface area contributed by atoms with Crippen molar-refractivity contribution in [2.24, 2.45) is 5.14 Å². The second-order valence-electron chi connectivity index (χ2n) is 6.94. The van der Waals surface area contributed by atoms with Crippen molar-refractivity contribution in [1.82, 2.24) is 25.2 Å². The maximum Gasteiger partial charge on any atom is 0.417 e. The minimum atomic E-state index is -4.60. The molecule has 1 atom stereocenters. The molecule has 0 aliphatic rings. The molecule has 0 bridgehead atoms. The van der Waals surface area contributed by atoms with E-state index in [2.05, 4.69) is 20.4 Å². The number of aromatic nitrogens is 5. The van der Waals surface area contributed by atoms with E-state index in [1.54, 1.807) is 0 Å². The number of tetrazole rings is 1. The first-order valence-electron chi connectivity index (χ1n) is 8.59. The van der Waals surface area contributed by atoms with Crippen LogP contribution in [0.2, 0.25) is 5.02 Å². The minimum Gasteiger partial charge on any atom is -0.383 e. The Morgan fingerprint density at radius 1 is 1.23 bits per heavy atom. The number of pyridine rings is 1. The van der Waals surface area contributed by atoms with Crippen LogP contribution in [0.1, 0.15) is 23.7 Å². The lowest BCUT2D eigenvalue weighted by Crippen LogP contribution is -2.35. The average molecular weight is 477 g/mol. The molecule has 1 aromatic carbocycles. The van der Waals surface area contributed by atoms with E-state index in [4.69, 9.17) is 16.7 Å². The molecule has 14 heteroatoms. The van der Waals surface area contributed by atoms with Crippen LogP contribution in [0.5, 0.6) is 0 Å². The largest absolute Gasteiger partial charge is 0.417 e. The van der Waals surface area contributed by atoms with Crippen molar-refractivity contribution < 1.29 is 26.7 Å². The zero-order chi connectivity index (χ0) is 23.0. The normalized spacial score (nSPS) is 14.4. The van der Waals surface area contributed by atoms with Crippen LogP contribution in [0.25, 0.3) is 11.5 Å². The molecular formula is C17H16ClF3N6O3S. The number of aliphatic hydroxyl groups is 1. The molecule has 0 amide bonds. The summed E-state index contributed by atoms with van der Waals surface area (Å²) in [6.45, 7) is 1.13. The highest BCUT2D eigenvalue weighted by atomic mass is 35.5. The molecule has 2 heterocycles. The Morgan fingerprint density at radius 2 is 1.94 bits per heavy atom. The third-order valence-corrected chi connectivity index (χ3v) is 5.42. The van der Waals surface area contributed by atoms with Crippen molar-refractivity contribution in [1.29, 1.82) is 0 Å². The third kappa shape index (κ3) is 5.76. The number of alkyl halides is 3. The fraction of sp³-hybridized carbons (Fsp3) is 0.294. The van der Waals surface area contributed by atoms with Crippen LogP contribution in [0.15, 0.2) is 36.4 Å². The second kappa shape index (κ2) is 8.15. The number of rotatable bonds is 6. The number of halogens is 4. The smallest absolute Gasteiger partial charge is 0.383 e. The van der Waals surface area contributed by atoms with Gasteiger partial charge in [0.15, 0.2) is 0 Å². The highest BCUT2D eigenvalue weighted by molar-refractivity contribution is 7.89. The fourth-order valence-electron chi connectivity index (χ4n) is 2.79. The molecule has 2 aromatic heterocycles. The molecule has 3 rings (SSSR count). The topological polar surface area (TPSA) is 137 Å². The fourth-order valence-corrected chi connectivity index (χ4v) is 3.95. The van der Waals surface area contributed by atoms with Crippen molar-refractivity contribution in [2.45, 2.75) is 25.2 Å². The third-order valence-electron chi connectivity index (χ3n) is 4.13. The molecule has 0 unspecified atom stereocenters. The van der Waals surface area contributed by atoms with Gasteiger partial charge in [-0.2, -0.15) is 18.0 Å². The van der Waals surface area contributed by atoms with E-state index in [0.717, 1.165) is 16.9 Å². The standard InChI is InChI=1S/C17H16ClF3N6O3S/c1-16(28,9-31(22,29)30)14-4-2-3-13(23-14)15-24-26-27(25-15)8-10-5-6-12(18)11(7-10)17(19,20)21/h2-7,28H,8-9H2,1H3,(H2,22,29,30)/t16-/m0/s1. The van der Waals surface area contributed by atoms with Crippen LogP contribution in [0.4, 0.5) is 13.2 Å². The van der Waals surface area contributed by atoms with Gasteiger partial charge in [0.1, 0.15) is 11.3 Å². The molecule has 0 aliphatic heterocycles. The van der Waals surface area contributed by atoms with Gasteiger partial charge in [-0.3, -0.25) is 0 Å². The van der Waals surface area contributed by atoms with E-state index in [1.807, 2.05) is 0 Å². The molecule has 3 aromatic rings. The average Bonchev–Trinajstić information content (AvgIpc) is 3.09. The summed E-state index contributed by atoms with van der Waals surface area (Å²) in [4.78, 5) is 5.23. The predicted molar refractivity (Wildman–Crippen MR) is 104 cm³/mol. The van der Waals surface area contributed by atoms with Gasteiger partial charge in [-0.15, -0.1) is 10.2 Å². The number of primary sulfonamides is 1. The lowest BCUT2D eigenvalue weighted by Gasteiger charge is -2.21. The number of nitrogens with zero attached hydrogens (tertiary/aromatic N) is 5. The molecule has 9 nitrogen and oxygen atoms in total. The molecule has 0 saturated carbocycles. The van der Waals surface area contributed by atoms with Gasteiger partial charge in [-0.25, -0.2) is 18.5 Å². The molecule has 0 saturated heterocycles. The number of hydrogen-bond donors (Lipinski definition) is 2. The summed E-state index contributed by atoms with van der Waals surface area (Å²) in [5, 5.41) is 26.7. The van der Waals surface area contributed by atoms with Gasteiger partial charge in [0, 0.05) is 0 Å². The molecule has 0 fully saturated rings. The van der Waals surface area contributed by atoms with E-state index in [9.17, 15) is 26.7 Å². The van der Waals surface area contributed by atoms with Gasteiger partial charge >= 0.3 is 6.18 Å². The SMILES string of the molecule is C[C@](O)(CS(N)(=O)=O)c1cccc(-c2nnn(Cc3ccc(Cl)c(C(F)(F)F)c3)n2)n1. The van der Waals surface area contributed by atoms with E-state index in [0.29, 0.717) is 0 Å². The van der Waals surface area contributed by atoms with Gasteiger partial charge < -0.3 is 5.11 Å². The number of sulfonamides is 1. The van der Waals surface area contributed by atoms with Gasteiger partial charge in [0.05, 0.1) is 28.6 Å². The Hall–Kier alpha value is -2.61. The van der Waals surface area contributed by atoms with E-state index in [1.165, 1.54) is 31.2 Å². The van der Waals surface area contributed by atoms with Crippen LogP contribution in [0.3, 0.4) is 0 Å². The van der Waals surface area contributed by atoms with E-state index < -0.39 is 38.1 Å². The predicted octanol–water partition coefficient (Wildman–Crippen LogP) is 1.95. The summed E-state index contributed by atoms with van der Waals surface area (Å²) in [7, 11) is -3.98. The summed E-state index contributed by atoms with van der Waals surface area (Å²) >= 11 is 5.62. The molecule has 0 radical (unpaired) electrons. The van der Waals surface area contributed by atoms with E-state index >= 15 is 0 Å². The molecule has 0 spiro atoms. The lowest BCUT2D eigenvalue weighted by atomic mass is 10.0. The van der Waals surface area contributed by atoms with Crippen molar-refractivity contribution in [2.75, 3.05) is 5.75 Å². The summed E-state index contributed by atoms with van der Waals surface area (Å²) in [5.74, 6) is -0.729. The summed E-state index contributed by atoms with van der Waals surface area (Å²) < 4.78 is 61.7. The van der Waals surface area contributed by atoms with Gasteiger partial charge in [0.2, 0.25) is 15.8 Å². The molecule has 0 aliphatic carbocycles. The number of nitrogens with two attached hydrogens (primary N) is 1. The zero-order valence-corrected chi connectivity index (χ0v) is 17.4. The van der Waals surface area contributed by atoms with Crippen LogP contribution in [0, 0.1) is 0 Å². The monoisotopic (exact) mass is 476 g/mol. The Kier molecular flexibility index (Phi) is 6.06. The van der Waals surface area contributed by atoms with Crippen LogP contribution < -0.4 is 5.14 Å². The first kappa shape index (κ1) is 23.1. The second-order valence-corrected chi connectivity index (χ2v) is 8.97. The molecular weight excluding hydrogens is 461 g/mol. The maximum atomic E-state index is 13.0. The van der Waals surface area contributed by atoms with Crippen molar-refractivity contribution in [3.8, 4) is 11.5 Å². The number of benzene rings is 1. The zero-order valence-electron chi connectivity index (χ0n) is 15.9. The Morgan fingerprint density at radius 3 is 2.58 bits per heavy atom. The number of hydrogen-bond acceptors (Lipinski definition) is 7. The van der Waals surface area contributed by atoms with Crippen molar-refractivity contribution in [3.05, 3.63) is 58.2 Å². The quantitative estimate of drug-likeness (QED) is 0.554. The van der Waals surface area contributed by atoms with Crippen LogP contribution >= 0.6 is 11.6 Å². The van der Waals surface area contributed by atoms with Crippen molar-refractivity contribution >= 4 is 21.6 Å². The van der Waals surface area contributed by atoms with Gasteiger partial charge in [-0.05, 0) is 42.0 Å². The first-order chi connectivity index (χ1) is 14.2. The minimum absolute atomic E-state index is 0.0166. The summed E-state index contributed by atoms with van der Waals surface area (Å²) in [6, 6.07) is 7.85. The Labute approximate surface area is 179 Å². The van der Waals surface area contributed by atoms with E-state index in [-0.39, 0.29) is 29.3 Å². The Balaban J connectivity index is 1.85. The van der Waals surface area contributed by atoms with Crippen LogP contribution in [-0.2, 0) is 28.3 Å². The summed E-state index contributed by atoms with van der Waals surface area (Å²) in [5.41, 5.74) is -2.40. The highest BCUT2D eigenvalue weighted by Crippen LogP contribution is 2.35. The molecule has 166 valence electrons. The summed E-state index contributed by atoms with van der Waals surface area (Å²) in [6.07, 6.45) is -4.60. The molecule has 31 heavy (non-hydrogen) atoms. The maximum absolute atomic E-state index is 13.0. The van der Waals surface area contributed by atoms with Crippen LogP contribution in [-0.4, -0.2) is 44.5 Å². The highest BCUT2D eigenvalue weighted by Gasteiger charge is 2.33. The van der Waals surface area contributed by atoms with Gasteiger partial charge in [0.25, 0.3) is 0 Å². The Bertz CT molecular complexity index is 1210. The van der Waals surface area contributed by atoms with Crippen molar-refractivity contribution in [3.63, 3.8) is 0 Å². The van der Waals surface area contributed by atoms with Gasteiger partial charge in [-0.1, -0.05) is 23.7 Å². The lowest BCUT2D eigenvalue weighted by molar-refractivity contribution is -0.137. The molecule has 3 N–H and O–H groups in total. The first-order valence-corrected chi connectivity index (χ1v) is 10.7.